The monoisotopic (exact) mass is 358 g/mol. The summed E-state index contributed by atoms with van der Waals surface area (Å²) in [5.41, 5.74) is 1.34. The smallest absolute Gasteiger partial charge is 0.362 e. The number of hydrogen-bond donors (Lipinski definition) is 1. The molecule has 1 unspecified atom stereocenters. The average molecular weight is 358 g/mol. The third-order valence-corrected chi connectivity index (χ3v) is 3.32. The molecule has 6 nitrogen and oxygen atoms in total. The summed E-state index contributed by atoms with van der Waals surface area (Å²) >= 11 is 0. The molecule has 0 aliphatic rings. The van der Waals surface area contributed by atoms with Crippen molar-refractivity contribution in [3.05, 3.63) is 35.7 Å². The van der Waals surface area contributed by atoms with E-state index < -0.39 is 12.1 Å². The Morgan fingerprint density at radius 3 is 2.48 bits per heavy atom. The number of nitrogens with one attached hydrogen (secondary N) is 1. The number of nitrogens with zero attached hydrogens (tertiary/aromatic N) is 3. The van der Waals surface area contributed by atoms with Gasteiger partial charge >= 0.3 is 12.1 Å². The lowest BCUT2D eigenvalue weighted by Crippen LogP contribution is -2.36. The standard InChI is InChI=1S/C16H21F3N4O2/c1-11(8-23(2)3)20-10-24-9-12-4-6-13(7-5-12)14-21-15(25-22-14)16(17,18)19/h4-7,11,20H,8-10H2,1-3H3. The molecule has 0 aliphatic carbocycles. The minimum absolute atomic E-state index is 0.0982. The van der Waals surface area contributed by atoms with E-state index in [1.165, 1.54) is 0 Å². The predicted molar refractivity (Wildman–Crippen MR) is 85.5 cm³/mol. The van der Waals surface area contributed by atoms with Crippen LogP contribution in [0.5, 0.6) is 0 Å². The predicted octanol–water partition coefficient (Wildman–Crippen LogP) is 2.77. The fourth-order valence-corrected chi connectivity index (χ4v) is 2.19. The zero-order chi connectivity index (χ0) is 18.4. The molecule has 0 amide bonds. The lowest BCUT2D eigenvalue weighted by atomic mass is 10.1. The highest BCUT2D eigenvalue weighted by Crippen LogP contribution is 2.29. The third kappa shape index (κ3) is 6.11. The highest BCUT2D eigenvalue weighted by molar-refractivity contribution is 5.54. The van der Waals surface area contributed by atoms with Gasteiger partial charge < -0.3 is 14.2 Å². The van der Waals surface area contributed by atoms with E-state index in [-0.39, 0.29) is 5.82 Å². The molecule has 1 aromatic carbocycles. The number of hydrogen-bond acceptors (Lipinski definition) is 6. The van der Waals surface area contributed by atoms with Crippen molar-refractivity contribution in [2.24, 2.45) is 0 Å². The number of benzene rings is 1. The van der Waals surface area contributed by atoms with E-state index in [1.54, 1.807) is 24.3 Å². The SMILES string of the molecule is CC(CN(C)C)NCOCc1ccc(-c2noc(C(F)(F)F)n2)cc1. The van der Waals surface area contributed by atoms with Crippen LogP contribution < -0.4 is 5.32 Å². The second-order valence-corrected chi connectivity index (χ2v) is 5.98. The molecule has 0 bridgehead atoms. The Morgan fingerprint density at radius 2 is 1.92 bits per heavy atom. The Labute approximate surface area is 144 Å². The van der Waals surface area contributed by atoms with Crippen LogP contribution in [0.2, 0.25) is 0 Å². The van der Waals surface area contributed by atoms with Gasteiger partial charge in [-0.3, -0.25) is 5.32 Å². The van der Waals surface area contributed by atoms with Crippen molar-refractivity contribution in [3.63, 3.8) is 0 Å². The largest absolute Gasteiger partial charge is 0.471 e. The van der Waals surface area contributed by atoms with Gasteiger partial charge in [-0.2, -0.15) is 18.2 Å². The van der Waals surface area contributed by atoms with Crippen LogP contribution in [0.3, 0.4) is 0 Å². The Balaban J connectivity index is 1.83. The van der Waals surface area contributed by atoms with Crippen molar-refractivity contribution >= 4 is 0 Å². The summed E-state index contributed by atoms with van der Waals surface area (Å²) in [6.07, 6.45) is -4.64. The second kappa shape index (κ2) is 8.41. The van der Waals surface area contributed by atoms with Crippen LogP contribution in [0.25, 0.3) is 11.4 Å². The lowest BCUT2D eigenvalue weighted by molar-refractivity contribution is -0.159. The van der Waals surface area contributed by atoms with Crippen LogP contribution in [0.1, 0.15) is 18.4 Å². The van der Waals surface area contributed by atoms with E-state index in [0.29, 0.717) is 24.9 Å². The van der Waals surface area contributed by atoms with Crippen molar-refractivity contribution in [1.29, 1.82) is 0 Å². The van der Waals surface area contributed by atoms with Gasteiger partial charge in [-0.15, -0.1) is 0 Å². The zero-order valence-electron chi connectivity index (χ0n) is 14.3. The Hall–Kier alpha value is -1.97. The first-order valence-electron chi connectivity index (χ1n) is 7.72. The Kier molecular flexibility index (Phi) is 6.51. The van der Waals surface area contributed by atoms with Gasteiger partial charge in [0.15, 0.2) is 0 Å². The average Bonchev–Trinajstić information content (AvgIpc) is 3.01. The molecule has 9 heteroatoms. The fraction of sp³-hybridized carbons (Fsp3) is 0.500. The van der Waals surface area contributed by atoms with E-state index in [0.717, 1.165) is 12.1 Å². The summed E-state index contributed by atoms with van der Waals surface area (Å²) in [5.74, 6) is -1.45. The molecule has 0 aliphatic heterocycles. The van der Waals surface area contributed by atoms with Crippen molar-refractivity contribution in [3.8, 4) is 11.4 Å². The molecule has 0 saturated heterocycles. The Morgan fingerprint density at radius 1 is 1.24 bits per heavy atom. The number of rotatable bonds is 8. The van der Waals surface area contributed by atoms with Crippen molar-refractivity contribution in [2.45, 2.75) is 25.7 Å². The molecule has 0 spiro atoms. The molecule has 2 rings (SSSR count). The number of alkyl halides is 3. The molecular formula is C16H21F3N4O2. The van der Waals surface area contributed by atoms with Crippen LogP contribution in [0.15, 0.2) is 28.8 Å². The maximum atomic E-state index is 12.5. The maximum Gasteiger partial charge on any atom is 0.471 e. The third-order valence-electron chi connectivity index (χ3n) is 3.32. The van der Waals surface area contributed by atoms with Gasteiger partial charge in [-0.25, -0.2) is 0 Å². The molecule has 1 aromatic heterocycles. The molecule has 138 valence electrons. The van der Waals surface area contributed by atoms with Gasteiger partial charge in [0.1, 0.15) is 0 Å². The van der Waals surface area contributed by atoms with Crippen LogP contribution in [-0.2, 0) is 17.5 Å². The molecule has 1 N–H and O–H groups in total. The highest BCUT2D eigenvalue weighted by atomic mass is 19.4. The normalized spacial score (nSPS) is 13.4. The summed E-state index contributed by atoms with van der Waals surface area (Å²) in [4.78, 5) is 5.43. The molecule has 25 heavy (non-hydrogen) atoms. The minimum atomic E-state index is -4.64. The van der Waals surface area contributed by atoms with Gasteiger partial charge in [0.05, 0.1) is 13.3 Å². The maximum absolute atomic E-state index is 12.5. The summed E-state index contributed by atoms with van der Waals surface area (Å²) in [6, 6.07) is 7.07. The fourth-order valence-electron chi connectivity index (χ4n) is 2.19. The summed E-state index contributed by atoms with van der Waals surface area (Å²) < 4.78 is 47.1. The van der Waals surface area contributed by atoms with Crippen molar-refractivity contribution in [2.75, 3.05) is 27.4 Å². The molecule has 0 saturated carbocycles. The zero-order valence-corrected chi connectivity index (χ0v) is 14.3. The van der Waals surface area contributed by atoms with Crippen LogP contribution >= 0.6 is 0 Å². The van der Waals surface area contributed by atoms with Gasteiger partial charge in [0, 0.05) is 18.2 Å². The molecule has 0 fully saturated rings. The number of halogens is 3. The second-order valence-electron chi connectivity index (χ2n) is 5.98. The minimum Gasteiger partial charge on any atom is -0.362 e. The van der Waals surface area contributed by atoms with E-state index in [4.69, 9.17) is 4.74 Å². The van der Waals surface area contributed by atoms with Crippen molar-refractivity contribution < 1.29 is 22.4 Å². The quantitative estimate of drug-likeness (QED) is 0.578. The lowest BCUT2D eigenvalue weighted by Gasteiger charge is -2.18. The van der Waals surface area contributed by atoms with Crippen LogP contribution in [0.4, 0.5) is 13.2 Å². The van der Waals surface area contributed by atoms with Gasteiger partial charge in [0.25, 0.3) is 0 Å². The van der Waals surface area contributed by atoms with E-state index in [2.05, 4.69) is 31.8 Å². The van der Waals surface area contributed by atoms with Crippen LogP contribution in [-0.4, -0.2) is 48.5 Å². The van der Waals surface area contributed by atoms with Gasteiger partial charge in [0.2, 0.25) is 5.82 Å². The van der Waals surface area contributed by atoms with Crippen LogP contribution in [0, 0.1) is 0 Å². The topological polar surface area (TPSA) is 63.4 Å². The van der Waals surface area contributed by atoms with Gasteiger partial charge in [-0.1, -0.05) is 29.4 Å². The molecule has 1 atom stereocenters. The van der Waals surface area contributed by atoms with E-state index >= 15 is 0 Å². The van der Waals surface area contributed by atoms with Crippen molar-refractivity contribution in [1.82, 2.24) is 20.4 Å². The summed E-state index contributed by atoms with van der Waals surface area (Å²) in [5, 5.41) is 6.59. The first kappa shape index (κ1) is 19.4. The summed E-state index contributed by atoms with van der Waals surface area (Å²) in [6.45, 7) is 3.78. The Bertz CT molecular complexity index is 656. The summed E-state index contributed by atoms with van der Waals surface area (Å²) in [7, 11) is 4.00. The number of likely N-dealkylation sites (N-methyl/N-ethyl adjacent to an activating group) is 1. The van der Waals surface area contributed by atoms with E-state index in [1.807, 2.05) is 14.1 Å². The molecule has 2 aromatic rings. The highest BCUT2D eigenvalue weighted by Gasteiger charge is 2.38. The molecular weight excluding hydrogens is 337 g/mol. The number of ether oxygens (including phenoxy) is 1. The van der Waals surface area contributed by atoms with Gasteiger partial charge in [-0.05, 0) is 26.6 Å². The number of aromatic nitrogens is 2. The first-order chi connectivity index (χ1) is 11.8. The van der Waals surface area contributed by atoms with E-state index in [9.17, 15) is 13.2 Å². The molecule has 1 heterocycles. The molecule has 0 radical (unpaired) electrons. The first-order valence-corrected chi connectivity index (χ1v) is 7.72.